The van der Waals surface area contributed by atoms with Crippen LogP contribution in [0.2, 0.25) is 0 Å². The zero-order valence-electron chi connectivity index (χ0n) is 8.39. The van der Waals surface area contributed by atoms with E-state index in [-0.39, 0.29) is 11.9 Å². The summed E-state index contributed by atoms with van der Waals surface area (Å²) >= 11 is 0. The van der Waals surface area contributed by atoms with Gasteiger partial charge in [-0.15, -0.1) is 5.10 Å². The van der Waals surface area contributed by atoms with E-state index in [2.05, 4.69) is 10.1 Å². The molecule has 17 heavy (non-hydrogen) atoms. The fourth-order valence-corrected chi connectivity index (χ4v) is 1.30. The van der Waals surface area contributed by atoms with Crippen molar-refractivity contribution in [3.8, 4) is 0 Å². The summed E-state index contributed by atoms with van der Waals surface area (Å²) in [6, 6.07) is 3.04. The molecule has 0 aliphatic heterocycles. The van der Waals surface area contributed by atoms with Crippen molar-refractivity contribution >= 4 is 17.8 Å². The number of hydrogen-bond donors (Lipinski definition) is 2. The van der Waals surface area contributed by atoms with Crippen LogP contribution in [0.3, 0.4) is 0 Å². The number of carbonyl (C=O) groups excluding carboxylic acids is 1. The third-order valence-corrected chi connectivity index (χ3v) is 2.02. The van der Waals surface area contributed by atoms with E-state index in [1.54, 1.807) is 0 Å². The van der Waals surface area contributed by atoms with E-state index in [1.165, 1.54) is 0 Å². The molecule has 8 heteroatoms. The van der Waals surface area contributed by atoms with Crippen LogP contribution >= 0.6 is 0 Å². The maximum Gasteiger partial charge on any atom is 0.287 e. The van der Waals surface area contributed by atoms with Gasteiger partial charge in [0.2, 0.25) is 11.9 Å². The number of hydrogen-bond acceptors (Lipinski definition) is 5. The van der Waals surface area contributed by atoms with Crippen molar-refractivity contribution in [3.63, 3.8) is 0 Å². The highest BCUT2D eigenvalue weighted by Crippen LogP contribution is 2.15. The van der Waals surface area contributed by atoms with Crippen LogP contribution in [0.25, 0.3) is 0 Å². The standard InChI is InChI=1S/C9H7F2N5O/c10-4-2-1-3-5(11)6(4)7(17)16-9(13)14-8(12)15-16/h1-3H,(H4,12,13,14,15). The lowest BCUT2D eigenvalue weighted by Crippen LogP contribution is -2.19. The van der Waals surface area contributed by atoms with Gasteiger partial charge in [-0.1, -0.05) is 6.07 Å². The lowest BCUT2D eigenvalue weighted by molar-refractivity contribution is 0.0939. The van der Waals surface area contributed by atoms with Crippen LogP contribution in [-0.2, 0) is 0 Å². The predicted molar refractivity (Wildman–Crippen MR) is 54.9 cm³/mol. The summed E-state index contributed by atoms with van der Waals surface area (Å²) in [5, 5.41) is 3.44. The molecule has 0 atom stereocenters. The Bertz CT molecular complexity index is 575. The normalized spacial score (nSPS) is 10.5. The molecule has 1 heterocycles. The van der Waals surface area contributed by atoms with Crippen molar-refractivity contribution in [1.29, 1.82) is 0 Å². The number of halogens is 2. The molecule has 0 amide bonds. The van der Waals surface area contributed by atoms with Gasteiger partial charge in [0.25, 0.3) is 5.91 Å². The Morgan fingerprint density at radius 2 is 1.82 bits per heavy atom. The average Bonchev–Trinajstić information content (AvgIpc) is 2.57. The highest BCUT2D eigenvalue weighted by molar-refractivity contribution is 5.97. The average molecular weight is 239 g/mol. The fourth-order valence-electron chi connectivity index (χ4n) is 1.30. The lowest BCUT2D eigenvalue weighted by Gasteiger charge is -2.03. The summed E-state index contributed by atoms with van der Waals surface area (Å²) in [7, 11) is 0. The van der Waals surface area contributed by atoms with Crippen LogP contribution in [0.15, 0.2) is 18.2 Å². The first-order chi connectivity index (χ1) is 8.00. The number of aromatic nitrogens is 3. The molecule has 0 saturated carbocycles. The van der Waals surface area contributed by atoms with E-state index >= 15 is 0 Å². The Kier molecular flexibility index (Phi) is 2.47. The van der Waals surface area contributed by atoms with Crippen molar-refractivity contribution in [1.82, 2.24) is 14.8 Å². The minimum Gasteiger partial charge on any atom is -0.368 e. The topological polar surface area (TPSA) is 99.8 Å². The van der Waals surface area contributed by atoms with Gasteiger partial charge < -0.3 is 11.5 Å². The quantitative estimate of drug-likeness (QED) is 0.750. The zero-order valence-corrected chi connectivity index (χ0v) is 8.39. The Morgan fingerprint density at radius 1 is 1.24 bits per heavy atom. The van der Waals surface area contributed by atoms with Crippen LogP contribution in [0.5, 0.6) is 0 Å². The molecule has 1 aromatic carbocycles. The summed E-state index contributed by atoms with van der Waals surface area (Å²) in [4.78, 5) is 15.2. The van der Waals surface area contributed by atoms with Gasteiger partial charge in [0.05, 0.1) is 0 Å². The Hall–Kier alpha value is -2.51. The van der Waals surface area contributed by atoms with Crippen LogP contribution < -0.4 is 11.5 Å². The van der Waals surface area contributed by atoms with Crippen molar-refractivity contribution in [3.05, 3.63) is 35.4 Å². The molecule has 0 aliphatic rings. The Balaban J connectivity index is 2.55. The summed E-state index contributed by atoms with van der Waals surface area (Å²) in [5.41, 5.74) is 9.77. The molecule has 6 nitrogen and oxygen atoms in total. The molecule has 0 radical (unpaired) electrons. The summed E-state index contributed by atoms with van der Waals surface area (Å²) < 4.78 is 27.2. The van der Waals surface area contributed by atoms with E-state index in [1.807, 2.05) is 0 Å². The second-order valence-corrected chi connectivity index (χ2v) is 3.14. The van der Waals surface area contributed by atoms with Crippen LogP contribution in [0.4, 0.5) is 20.7 Å². The largest absolute Gasteiger partial charge is 0.368 e. The Labute approximate surface area is 93.9 Å². The molecule has 0 spiro atoms. The smallest absolute Gasteiger partial charge is 0.287 e. The number of rotatable bonds is 1. The monoisotopic (exact) mass is 239 g/mol. The zero-order chi connectivity index (χ0) is 12.6. The van der Waals surface area contributed by atoms with Gasteiger partial charge >= 0.3 is 0 Å². The number of nitrogen functional groups attached to an aromatic ring is 2. The molecule has 1 aromatic heterocycles. The third-order valence-electron chi connectivity index (χ3n) is 2.02. The van der Waals surface area contributed by atoms with E-state index in [0.29, 0.717) is 4.68 Å². The van der Waals surface area contributed by atoms with Crippen molar-refractivity contribution in [2.24, 2.45) is 0 Å². The van der Waals surface area contributed by atoms with Gasteiger partial charge in [-0.25, -0.2) is 8.78 Å². The first kappa shape index (κ1) is 11.0. The predicted octanol–water partition coefficient (Wildman–Crippen LogP) is 0.409. The SMILES string of the molecule is Nc1nc(N)n(C(=O)c2c(F)cccc2F)n1. The molecule has 0 fully saturated rings. The number of anilines is 2. The van der Waals surface area contributed by atoms with Gasteiger partial charge in [0.1, 0.15) is 17.2 Å². The summed E-state index contributed by atoms with van der Waals surface area (Å²) in [6.07, 6.45) is 0. The minimum atomic E-state index is -1.07. The van der Waals surface area contributed by atoms with Crippen molar-refractivity contribution < 1.29 is 13.6 Å². The minimum absolute atomic E-state index is 0.257. The van der Waals surface area contributed by atoms with Gasteiger partial charge in [0.15, 0.2) is 0 Å². The number of nitrogens with two attached hydrogens (primary N) is 2. The molecule has 2 aromatic rings. The lowest BCUT2D eigenvalue weighted by atomic mass is 10.2. The van der Waals surface area contributed by atoms with Crippen molar-refractivity contribution in [2.45, 2.75) is 0 Å². The van der Waals surface area contributed by atoms with Gasteiger partial charge in [-0.05, 0) is 12.1 Å². The molecule has 4 N–H and O–H groups in total. The summed E-state index contributed by atoms with van der Waals surface area (Å²) in [6.45, 7) is 0. The van der Waals surface area contributed by atoms with Crippen molar-refractivity contribution in [2.75, 3.05) is 11.5 Å². The first-order valence-corrected chi connectivity index (χ1v) is 4.47. The second kappa shape index (κ2) is 3.81. The molecule has 0 unspecified atom stereocenters. The van der Waals surface area contributed by atoms with Crippen LogP contribution in [-0.4, -0.2) is 20.7 Å². The Morgan fingerprint density at radius 3 is 2.29 bits per heavy atom. The fraction of sp³-hybridized carbons (Fsp3) is 0. The van der Waals surface area contributed by atoms with Gasteiger partial charge in [-0.2, -0.15) is 9.67 Å². The molecule has 88 valence electrons. The highest BCUT2D eigenvalue weighted by atomic mass is 19.1. The number of benzene rings is 1. The van der Waals surface area contributed by atoms with Crippen LogP contribution in [0.1, 0.15) is 10.4 Å². The molecular formula is C9H7F2N5O. The van der Waals surface area contributed by atoms with E-state index in [0.717, 1.165) is 18.2 Å². The molecule has 0 saturated heterocycles. The summed E-state index contributed by atoms with van der Waals surface area (Å²) in [5.74, 6) is -3.68. The number of nitrogens with zero attached hydrogens (tertiary/aromatic N) is 3. The third kappa shape index (κ3) is 1.80. The molecule has 0 aliphatic carbocycles. The highest BCUT2D eigenvalue weighted by Gasteiger charge is 2.22. The van der Waals surface area contributed by atoms with Gasteiger partial charge in [-0.3, -0.25) is 4.79 Å². The maximum absolute atomic E-state index is 13.3. The first-order valence-electron chi connectivity index (χ1n) is 4.47. The molecule has 2 rings (SSSR count). The molecule has 0 bridgehead atoms. The van der Waals surface area contributed by atoms with Crippen LogP contribution in [0, 0.1) is 11.6 Å². The van der Waals surface area contributed by atoms with E-state index < -0.39 is 23.1 Å². The van der Waals surface area contributed by atoms with Gasteiger partial charge in [0, 0.05) is 0 Å². The maximum atomic E-state index is 13.3. The number of carbonyl (C=O) groups is 1. The van der Waals surface area contributed by atoms with E-state index in [4.69, 9.17) is 11.5 Å². The van der Waals surface area contributed by atoms with E-state index in [9.17, 15) is 13.6 Å². The second-order valence-electron chi connectivity index (χ2n) is 3.14. The molecular weight excluding hydrogens is 232 g/mol.